The van der Waals surface area contributed by atoms with Gasteiger partial charge in [-0.2, -0.15) is 5.26 Å². The van der Waals surface area contributed by atoms with Crippen LogP contribution < -0.4 is 9.62 Å². The van der Waals surface area contributed by atoms with Crippen molar-refractivity contribution in [3.8, 4) is 6.07 Å². The average molecular weight is 265 g/mol. The Hall–Kier alpha value is -1.58. The highest BCUT2D eigenvalue weighted by Crippen LogP contribution is 2.21. The predicted molar refractivity (Wildman–Crippen MR) is 69.8 cm³/mol. The third-order valence-electron chi connectivity index (χ3n) is 2.89. The quantitative estimate of drug-likeness (QED) is 0.810. The molecule has 1 unspecified atom stereocenters. The summed E-state index contributed by atoms with van der Waals surface area (Å²) >= 11 is 0. The molecule has 0 aromatic heterocycles. The smallest absolute Gasteiger partial charge is 0.236 e. The van der Waals surface area contributed by atoms with Gasteiger partial charge in [0.05, 0.1) is 23.1 Å². The minimum Gasteiger partial charge on any atom is -0.311 e. The molecule has 96 valence electrons. The van der Waals surface area contributed by atoms with Crippen molar-refractivity contribution in [3.63, 3.8) is 0 Å². The molecule has 5 nitrogen and oxygen atoms in total. The molecule has 1 saturated heterocycles. The van der Waals surface area contributed by atoms with Crippen LogP contribution in [0.4, 0.5) is 5.69 Å². The van der Waals surface area contributed by atoms with E-state index in [1.54, 1.807) is 24.3 Å². The standard InChI is InChI=1S/C12H15N3O2S/c1-10-9-15(18(16,17)6-5-14-10)12-4-2-3-11(7-12)8-13/h2-4,7,10,14H,5-6,9H2,1H3. The number of nitrogens with zero attached hydrogens (tertiary/aromatic N) is 2. The van der Waals surface area contributed by atoms with E-state index in [1.807, 2.05) is 13.0 Å². The molecule has 0 saturated carbocycles. The zero-order valence-electron chi connectivity index (χ0n) is 10.1. The first kappa shape index (κ1) is 12.9. The SMILES string of the molecule is CC1CN(c2cccc(C#N)c2)S(=O)(=O)CCN1. The van der Waals surface area contributed by atoms with E-state index >= 15 is 0 Å². The Labute approximate surface area is 107 Å². The molecular weight excluding hydrogens is 250 g/mol. The molecule has 1 aromatic carbocycles. The van der Waals surface area contributed by atoms with Gasteiger partial charge >= 0.3 is 0 Å². The zero-order chi connectivity index (χ0) is 13.2. The van der Waals surface area contributed by atoms with Crippen molar-refractivity contribution in [3.05, 3.63) is 29.8 Å². The van der Waals surface area contributed by atoms with Crippen molar-refractivity contribution in [2.24, 2.45) is 0 Å². The van der Waals surface area contributed by atoms with Gasteiger partial charge < -0.3 is 5.32 Å². The summed E-state index contributed by atoms with van der Waals surface area (Å²) in [5, 5.41) is 12.0. The molecule has 1 aromatic rings. The van der Waals surface area contributed by atoms with Crippen LogP contribution in [0.1, 0.15) is 12.5 Å². The van der Waals surface area contributed by atoms with Crippen molar-refractivity contribution < 1.29 is 8.42 Å². The summed E-state index contributed by atoms with van der Waals surface area (Å²) in [5.74, 6) is 0.0775. The lowest BCUT2D eigenvalue weighted by molar-refractivity contribution is 0.587. The van der Waals surface area contributed by atoms with Gasteiger partial charge in [-0.15, -0.1) is 0 Å². The van der Waals surface area contributed by atoms with Gasteiger partial charge in [0, 0.05) is 19.1 Å². The van der Waals surface area contributed by atoms with Crippen molar-refractivity contribution in [1.82, 2.24) is 5.32 Å². The molecule has 0 amide bonds. The molecule has 1 aliphatic heterocycles. The summed E-state index contributed by atoms with van der Waals surface area (Å²) in [7, 11) is -3.31. The van der Waals surface area contributed by atoms with Crippen LogP contribution in [-0.2, 0) is 10.0 Å². The molecule has 0 spiro atoms. The highest BCUT2D eigenvalue weighted by atomic mass is 32.2. The van der Waals surface area contributed by atoms with E-state index in [4.69, 9.17) is 5.26 Å². The van der Waals surface area contributed by atoms with Gasteiger partial charge in [-0.25, -0.2) is 8.42 Å². The van der Waals surface area contributed by atoms with Gasteiger partial charge in [0.2, 0.25) is 10.0 Å². The van der Waals surface area contributed by atoms with E-state index in [0.717, 1.165) is 0 Å². The van der Waals surface area contributed by atoms with E-state index < -0.39 is 10.0 Å². The van der Waals surface area contributed by atoms with Gasteiger partial charge in [0.1, 0.15) is 0 Å². The maximum Gasteiger partial charge on any atom is 0.236 e. The van der Waals surface area contributed by atoms with Gasteiger partial charge in [-0.3, -0.25) is 4.31 Å². The highest BCUT2D eigenvalue weighted by Gasteiger charge is 2.27. The van der Waals surface area contributed by atoms with Crippen LogP contribution in [0.25, 0.3) is 0 Å². The summed E-state index contributed by atoms with van der Waals surface area (Å²) < 4.78 is 25.7. The fourth-order valence-electron chi connectivity index (χ4n) is 1.97. The molecule has 1 fully saturated rings. The summed E-state index contributed by atoms with van der Waals surface area (Å²) in [6.07, 6.45) is 0. The average Bonchev–Trinajstić information content (AvgIpc) is 2.48. The molecule has 0 radical (unpaired) electrons. The second kappa shape index (κ2) is 4.96. The number of nitriles is 1. The molecule has 1 atom stereocenters. The van der Waals surface area contributed by atoms with Gasteiger partial charge in [0.25, 0.3) is 0 Å². The molecule has 6 heteroatoms. The minimum absolute atomic E-state index is 0.0775. The second-order valence-electron chi connectivity index (χ2n) is 4.36. The lowest BCUT2D eigenvalue weighted by Gasteiger charge is -2.24. The van der Waals surface area contributed by atoms with E-state index in [2.05, 4.69) is 5.32 Å². The fourth-order valence-corrected chi connectivity index (χ4v) is 3.45. The number of sulfonamides is 1. The van der Waals surface area contributed by atoms with E-state index in [-0.39, 0.29) is 11.8 Å². The normalized spacial score (nSPS) is 23.1. The van der Waals surface area contributed by atoms with E-state index in [1.165, 1.54) is 4.31 Å². The Morgan fingerprint density at radius 3 is 3.00 bits per heavy atom. The molecular formula is C12H15N3O2S. The Morgan fingerprint density at radius 1 is 1.50 bits per heavy atom. The number of hydrogen-bond donors (Lipinski definition) is 1. The summed E-state index contributed by atoms with van der Waals surface area (Å²) in [6.45, 7) is 2.79. The molecule has 18 heavy (non-hydrogen) atoms. The van der Waals surface area contributed by atoms with Crippen molar-refractivity contribution >= 4 is 15.7 Å². The number of benzene rings is 1. The zero-order valence-corrected chi connectivity index (χ0v) is 10.9. The highest BCUT2D eigenvalue weighted by molar-refractivity contribution is 7.92. The molecule has 1 N–H and O–H groups in total. The van der Waals surface area contributed by atoms with Crippen LogP contribution in [-0.4, -0.2) is 33.3 Å². The van der Waals surface area contributed by atoms with Crippen molar-refractivity contribution in [1.29, 1.82) is 5.26 Å². The molecule has 1 aliphatic rings. The Morgan fingerprint density at radius 2 is 2.28 bits per heavy atom. The Bertz CT molecular complexity index is 577. The molecule has 1 heterocycles. The third kappa shape index (κ3) is 2.63. The monoisotopic (exact) mass is 265 g/mol. The van der Waals surface area contributed by atoms with Crippen LogP contribution in [0.15, 0.2) is 24.3 Å². The number of hydrogen-bond acceptors (Lipinski definition) is 4. The van der Waals surface area contributed by atoms with E-state index in [9.17, 15) is 8.42 Å². The van der Waals surface area contributed by atoms with Crippen LogP contribution in [0.5, 0.6) is 0 Å². The second-order valence-corrected chi connectivity index (χ2v) is 6.38. The largest absolute Gasteiger partial charge is 0.311 e. The van der Waals surface area contributed by atoms with Gasteiger partial charge in [0.15, 0.2) is 0 Å². The molecule has 2 rings (SSSR count). The fraction of sp³-hybridized carbons (Fsp3) is 0.417. The minimum atomic E-state index is -3.31. The number of rotatable bonds is 1. The topological polar surface area (TPSA) is 73.2 Å². The maximum absolute atomic E-state index is 12.2. The van der Waals surface area contributed by atoms with Crippen LogP contribution >= 0.6 is 0 Å². The summed E-state index contributed by atoms with van der Waals surface area (Å²) in [5.41, 5.74) is 1.03. The number of anilines is 1. The Balaban J connectivity index is 2.42. The molecule has 0 bridgehead atoms. The third-order valence-corrected chi connectivity index (χ3v) is 4.64. The molecule has 0 aliphatic carbocycles. The first-order valence-corrected chi connectivity index (χ1v) is 7.38. The predicted octanol–water partition coefficient (Wildman–Crippen LogP) is 0.686. The van der Waals surface area contributed by atoms with E-state index in [0.29, 0.717) is 24.3 Å². The van der Waals surface area contributed by atoms with Crippen molar-refractivity contribution in [2.75, 3.05) is 23.1 Å². The lowest BCUT2D eigenvalue weighted by atomic mass is 10.2. The van der Waals surface area contributed by atoms with Crippen molar-refractivity contribution in [2.45, 2.75) is 13.0 Å². The summed E-state index contributed by atoms with van der Waals surface area (Å²) in [6, 6.07) is 8.80. The maximum atomic E-state index is 12.2. The van der Waals surface area contributed by atoms with Gasteiger partial charge in [-0.05, 0) is 25.1 Å². The number of nitrogens with one attached hydrogen (secondary N) is 1. The lowest BCUT2D eigenvalue weighted by Crippen LogP contribution is -2.37. The first-order chi connectivity index (χ1) is 8.53. The Kier molecular flexibility index (Phi) is 3.55. The van der Waals surface area contributed by atoms with Crippen LogP contribution in [0, 0.1) is 11.3 Å². The van der Waals surface area contributed by atoms with Crippen LogP contribution in [0.3, 0.4) is 0 Å². The van der Waals surface area contributed by atoms with Gasteiger partial charge in [-0.1, -0.05) is 6.07 Å². The van der Waals surface area contributed by atoms with Crippen LogP contribution in [0.2, 0.25) is 0 Å². The summed E-state index contributed by atoms with van der Waals surface area (Å²) in [4.78, 5) is 0. The first-order valence-electron chi connectivity index (χ1n) is 5.77.